The first-order valence-electron chi connectivity index (χ1n) is 8.39. The minimum absolute atomic E-state index is 1.01. The Kier molecular flexibility index (Phi) is 7.10. The summed E-state index contributed by atoms with van der Waals surface area (Å²) >= 11 is 0. The molecule has 1 aromatic carbocycles. The van der Waals surface area contributed by atoms with Crippen LogP contribution in [0.4, 0.5) is 0 Å². The number of benzene rings is 1. The molecule has 0 atom stereocenters. The van der Waals surface area contributed by atoms with Crippen LogP contribution in [0.1, 0.15) is 56.6 Å². The van der Waals surface area contributed by atoms with Gasteiger partial charge in [0.1, 0.15) is 0 Å². The van der Waals surface area contributed by atoms with Crippen molar-refractivity contribution < 1.29 is 0 Å². The second-order valence-electron chi connectivity index (χ2n) is 6.04. The van der Waals surface area contributed by atoms with Crippen LogP contribution in [0, 0.1) is 0 Å². The third-order valence-electron chi connectivity index (χ3n) is 4.16. The van der Waals surface area contributed by atoms with Crippen LogP contribution in [0.5, 0.6) is 0 Å². The molecule has 0 unspecified atom stereocenters. The summed E-state index contributed by atoms with van der Waals surface area (Å²) in [5, 5.41) is 3.53. The van der Waals surface area contributed by atoms with E-state index in [-0.39, 0.29) is 0 Å². The summed E-state index contributed by atoms with van der Waals surface area (Å²) in [6.07, 6.45) is 8.09. The lowest BCUT2D eigenvalue weighted by molar-refractivity contribution is 0.221. The molecule has 1 saturated heterocycles. The van der Waals surface area contributed by atoms with E-state index < -0.39 is 0 Å². The molecule has 0 aliphatic carbocycles. The van der Waals surface area contributed by atoms with Crippen molar-refractivity contribution in [2.45, 2.75) is 58.5 Å². The average Bonchev–Trinajstić information content (AvgIpc) is 2.50. The first kappa shape index (κ1) is 15.5. The molecule has 1 aliphatic rings. The van der Waals surface area contributed by atoms with Crippen molar-refractivity contribution in [2.24, 2.45) is 0 Å². The highest BCUT2D eigenvalue weighted by molar-refractivity contribution is 5.22. The van der Waals surface area contributed by atoms with Gasteiger partial charge >= 0.3 is 0 Å². The summed E-state index contributed by atoms with van der Waals surface area (Å²) < 4.78 is 0. The zero-order valence-corrected chi connectivity index (χ0v) is 13.0. The number of hydrogen-bond acceptors (Lipinski definition) is 2. The van der Waals surface area contributed by atoms with E-state index in [1.54, 1.807) is 0 Å². The molecule has 1 heterocycles. The largest absolute Gasteiger partial charge is 0.313 e. The molecular formula is C18H30N2. The maximum atomic E-state index is 3.53. The molecule has 1 aromatic rings. The maximum absolute atomic E-state index is 3.53. The predicted molar refractivity (Wildman–Crippen MR) is 86.8 cm³/mol. The molecule has 2 rings (SSSR count). The molecule has 1 N–H and O–H groups in total. The van der Waals surface area contributed by atoms with Crippen LogP contribution >= 0.6 is 0 Å². The van der Waals surface area contributed by atoms with Gasteiger partial charge in [0.25, 0.3) is 0 Å². The maximum Gasteiger partial charge on any atom is 0.0233 e. The Balaban J connectivity index is 1.69. The number of unbranched alkanes of at least 4 members (excludes halogenated alkanes) is 2. The monoisotopic (exact) mass is 274 g/mol. The molecule has 1 aliphatic heterocycles. The topological polar surface area (TPSA) is 15.3 Å². The van der Waals surface area contributed by atoms with Gasteiger partial charge in [0.15, 0.2) is 0 Å². The second kappa shape index (κ2) is 9.15. The van der Waals surface area contributed by atoms with Gasteiger partial charge in [0, 0.05) is 13.1 Å². The number of nitrogens with zero attached hydrogens (tertiary/aromatic N) is 1. The van der Waals surface area contributed by atoms with Gasteiger partial charge in [-0.05, 0) is 50.0 Å². The molecule has 0 radical (unpaired) electrons. The van der Waals surface area contributed by atoms with Gasteiger partial charge < -0.3 is 5.32 Å². The Morgan fingerprint density at radius 1 is 0.950 bits per heavy atom. The van der Waals surface area contributed by atoms with E-state index in [0.29, 0.717) is 0 Å². The second-order valence-corrected chi connectivity index (χ2v) is 6.04. The molecular weight excluding hydrogens is 244 g/mol. The molecule has 112 valence electrons. The highest BCUT2D eigenvalue weighted by Crippen LogP contribution is 2.13. The van der Waals surface area contributed by atoms with Crippen molar-refractivity contribution in [3.63, 3.8) is 0 Å². The van der Waals surface area contributed by atoms with Gasteiger partial charge in [-0.15, -0.1) is 0 Å². The van der Waals surface area contributed by atoms with E-state index in [1.807, 2.05) is 0 Å². The first-order valence-corrected chi connectivity index (χ1v) is 8.39. The third-order valence-corrected chi connectivity index (χ3v) is 4.16. The van der Waals surface area contributed by atoms with Crippen molar-refractivity contribution in [3.8, 4) is 0 Å². The van der Waals surface area contributed by atoms with Crippen molar-refractivity contribution >= 4 is 0 Å². The van der Waals surface area contributed by atoms with Gasteiger partial charge in [-0.3, -0.25) is 4.90 Å². The van der Waals surface area contributed by atoms with Gasteiger partial charge in [-0.25, -0.2) is 0 Å². The molecule has 0 bridgehead atoms. The zero-order valence-electron chi connectivity index (χ0n) is 13.0. The Morgan fingerprint density at radius 2 is 1.65 bits per heavy atom. The van der Waals surface area contributed by atoms with E-state index in [4.69, 9.17) is 0 Å². The summed E-state index contributed by atoms with van der Waals surface area (Å²) in [7, 11) is 0. The van der Waals surface area contributed by atoms with Crippen molar-refractivity contribution in [3.05, 3.63) is 35.4 Å². The fourth-order valence-electron chi connectivity index (χ4n) is 2.87. The van der Waals surface area contributed by atoms with Crippen LogP contribution in [-0.4, -0.2) is 24.5 Å². The van der Waals surface area contributed by atoms with Gasteiger partial charge in [0.05, 0.1) is 0 Å². The zero-order chi connectivity index (χ0) is 14.0. The van der Waals surface area contributed by atoms with Crippen LogP contribution in [0.3, 0.4) is 0 Å². The van der Waals surface area contributed by atoms with E-state index in [1.165, 1.54) is 62.7 Å². The van der Waals surface area contributed by atoms with Crippen LogP contribution < -0.4 is 5.32 Å². The summed E-state index contributed by atoms with van der Waals surface area (Å²) in [5.74, 6) is 0. The fourth-order valence-corrected chi connectivity index (χ4v) is 2.87. The van der Waals surface area contributed by atoms with Gasteiger partial charge in [-0.1, -0.05) is 50.5 Å². The molecule has 0 spiro atoms. The minimum Gasteiger partial charge on any atom is -0.313 e. The fraction of sp³-hybridized carbons (Fsp3) is 0.667. The van der Waals surface area contributed by atoms with Crippen LogP contribution in [-0.2, 0) is 13.1 Å². The predicted octanol–water partition coefficient (Wildman–Crippen LogP) is 3.95. The normalized spacial score (nSPS) is 16.4. The number of rotatable bonds is 8. The van der Waals surface area contributed by atoms with E-state index >= 15 is 0 Å². The molecule has 0 saturated carbocycles. The van der Waals surface area contributed by atoms with E-state index in [9.17, 15) is 0 Å². The van der Waals surface area contributed by atoms with Gasteiger partial charge in [-0.2, -0.15) is 0 Å². The lowest BCUT2D eigenvalue weighted by atomic mass is 10.1. The molecule has 0 aromatic heterocycles. The van der Waals surface area contributed by atoms with E-state index in [0.717, 1.165) is 19.6 Å². The van der Waals surface area contributed by atoms with Gasteiger partial charge in [0.2, 0.25) is 0 Å². The number of piperidine rings is 1. The number of nitrogens with one attached hydrogen (secondary N) is 1. The summed E-state index contributed by atoms with van der Waals surface area (Å²) in [6, 6.07) is 9.17. The van der Waals surface area contributed by atoms with Crippen molar-refractivity contribution in [1.29, 1.82) is 0 Å². The number of hydrogen-bond donors (Lipinski definition) is 1. The van der Waals surface area contributed by atoms with Crippen molar-refractivity contribution in [1.82, 2.24) is 10.2 Å². The SMILES string of the molecule is CCCCCNCc1ccc(CN2CCCCC2)cc1. The lowest BCUT2D eigenvalue weighted by Gasteiger charge is -2.26. The summed E-state index contributed by atoms with van der Waals surface area (Å²) in [5.41, 5.74) is 2.87. The third kappa shape index (κ3) is 5.64. The molecule has 0 amide bonds. The lowest BCUT2D eigenvalue weighted by Crippen LogP contribution is -2.29. The van der Waals surface area contributed by atoms with Crippen LogP contribution in [0.25, 0.3) is 0 Å². The quantitative estimate of drug-likeness (QED) is 0.722. The molecule has 1 fully saturated rings. The Labute approximate surface area is 124 Å². The highest BCUT2D eigenvalue weighted by Gasteiger charge is 2.09. The smallest absolute Gasteiger partial charge is 0.0233 e. The summed E-state index contributed by atoms with van der Waals surface area (Å²) in [6.45, 7) is 8.09. The minimum atomic E-state index is 1.01. The average molecular weight is 274 g/mol. The Bertz CT molecular complexity index is 352. The Hall–Kier alpha value is -0.860. The standard InChI is InChI=1S/C18H30N2/c1-2-3-5-12-19-15-17-8-10-18(11-9-17)16-20-13-6-4-7-14-20/h8-11,19H,2-7,12-16H2,1H3. The van der Waals surface area contributed by atoms with Crippen LogP contribution in [0.15, 0.2) is 24.3 Å². The first-order chi connectivity index (χ1) is 9.88. The van der Waals surface area contributed by atoms with Crippen LogP contribution in [0.2, 0.25) is 0 Å². The molecule has 2 nitrogen and oxygen atoms in total. The van der Waals surface area contributed by atoms with Crippen molar-refractivity contribution in [2.75, 3.05) is 19.6 Å². The number of likely N-dealkylation sites (tertiary alicyclic amines) is 1. The summed E-state index contributed by atoms with van der Waals surface area (Å²) in [4.78, 5) is 2.58. The molecule has 2 heteroatoms. The highest BCUT2D eigenvalue weighted by atomic mass is 15.1. The molecule has 20 heavy (non-hydrogen) atoms. The Morgan fingerprint density at radius 3 is 2.35 bits per heavy atom. The van der Waals surface area contributed by atoms with E-state index in [2.05, 4.69) is 41.4 Å².